The number of hydrogen-bond acceptors (Lipinski definition) is 7. The molecule has 9 heteroatoms. The second-order valence-electron chi connectivity index (χ2n) is 7.71. The maximum atomic E-state index is 4.91. The van der Waals surface area contributed by atoms with Crippen LogP contribution in [0.3, 0.4) is 0 Å². The molecule has 160 valence electrons. The normalized spacial score (nSPS) is 14.3. The molecule has 8 nitrogen and oxygen atoms in total. The summed E-state index contributed by atoms with van der Waals surface area (Å²) in [6.45, 7) is 8.86. The lowest BCUT2D eigenvalue weighted by Crippen LogP contribution is -2.43. The number of rotatable bonds is 9. The minimum atomic E-state index is -0.297. The van der Waals surface area contributed by atoms with Crippen molar-refractivity contribution < 1.29 is 0 Å². The Morgan fingerprint density at radius 1 is 1.29 bits per heavy atom. The first-order valence-corrected chi connectivity index (χ1v) is 11.0. The zero-order valence-electron chi connectivity index (χ0n) is 17.9. The van der Waals surface area contributed by atoms with E-state index >= 15 is 0 Å². The van der Waals surface area contributed by atoms with Crippen molar-refractivity contribution in [3.8, 4) is 11.3 Å². The van der Waals surface area contributed by atoms with Crippen molar-refractivity contribution in [3.63, 3.8) is 0 Å². The summed E-state index contributed by atoms with van der Waals surface area (Å²) in [6, 6.07) is 9.89. The number of aryl methyl sites for hydroxylation is 1. The van der Waals surface area contributed by atoms with Gasteiger partial charge in [0.05, 0.1) is 18.4 Å². The summed E-state index contributed by atoms with van der Waals surface area (Å²) in [5.74, 6) is 0.720. The summed E-state index contributed by atoms with van der Waals surface area (Å²) in [5.41, 5.74) is 2.70. The van der Waals surface area contributed by atoms with E-state index < -0.39 is 0 Å². The van der Waals surface area contributed by atoms with E-state index in [1.54, 1.807) is 16.0 Å². The van der Waals surface area contributed by atoms with Crippen molar-refractivity contribution in [1.29, 1.82) is 0 Å². The molecule has 0 bridgehead atoms. The van der Waals surface area contributed by atoms with E-state index in [-0.39, 0.29) is 11.6 Å². The molecule has 0 radical (unpaired) electrons. The van der Waals surface area contributed by atoms with Crippen LogP contribution in [-0.2, 0) is 13.6 Å². The average molecular weight is 435 g/mol. The third-order valence-electron chi connectivity index (χ3n) is 5.42. The predicted octanol–water partition coefficient (Wildman–Crippen LogP) is 3.61. The second-order valence-corrected chi connectivity index (χ2v) is 8.60. The van der Waals surface area contributed by atoms with Crippen molar-refractivity contribution in [2.45, 2.75) is 38.4 Å². The van der Waals surface area contributed by atoms with Gasteiger partial charge >= 0.3 is 0 Å². The first-order chi connectivity index (χ1) is 15.0. The van der Waals surface area contributed by atoms with Crippen molar-refractivity contribution in [3.05, 3.63) is 77.2 Å². The molecule has 3 heterocycles. The van der Waals surface area contributed by atoms with Gasteiger partial charge in [0.15, 0.2) is 5.82 Å². The molecule has 3 aromatic heterocycles. The summed E-state index contributed by atoms with van der Waals surface area (Å²) in [4.78, 5) is 4.91. The molecule has 0 aliphatic carbocycles. The number of hydrogen-bond donors (Lipinski definition) is 1. The van der Waals surface area contributed by atoms with Gasteiger partial charge in [-0.15, -0.1) is 23.0 Å². The van der Waals surface area contributed by atoms with Gasteiger partial charge in [0.2, 0.25) is 0 Å². The smallest absolute Gasteiger partial charge is 0.175 e. The van der Waals surface area contributed by atoms with Crippen LogP contribution in [0, 0.1) is 0 Å². The molecule has 4 aromatic rings. The fraction of sp³-hybridized carbons (Fsp3) is 0.318. The first kappa shape index (κ1) is 21.1. The molecule has 2 unspecified atom stereocenters. The molecule has 0 fully saturated rings. The van der Waals surface area contributed by atoms with Gasteiger partial charge in [0.1, 0.15) is 11.0 Å². The number of thiazole rings is 1. The number of nitrogens with zero attached hydrogens (tertiary/aromatic N) is 7. The third kappa shape index (κ3) is 4.62. The zero-order chi connectivity index (χ0) is 21.8. The van der Waals surface area contributed by atoms with E-state index in [0.717, 1.165) is 34.1 Å². The molecule has 0 saturated carbocycles. The molecule has 0 aliphatic rings. The molecule has 0 amide bonds. The van der Waals surface area contributed by atoms with Crippen LogP contribution in [0.1, 0.15) is 42.7 Å². The lowest BCUT2D eigenvalue weighted by Gasteiger charge is -2.30. The van der Waals surface area contributed by atoms with Crippen LogP contribution in [0.15, 0.2) is 60.8 Å². The summed E-state index contributed by atoms with van der Waals surface area (Å²) in [7, 11) is 1.90. The summed E-state index contributed by atoms with van der Waals surface area (Å²) >= 11 is 1.58. The largest absolute Gasteiger partial charge is 0.293 e. The van der Waals surface area contributed by atoms with Gasteiger partial charge in [-0.2, -0.15) is 5.10 Å². The highest BCUT2D eigenvalue weighted by Gasteiger charge is 2.31. The van der Waals surface area contributed by atoms with E-state index in [1.165, 1.54) is 0 Å². The summed E-state index contributed by atoms with van der Waals surface area (Å²) < 4.78 is 3.60. The maximum Gasteiger partial charge on any atom is 0.175 e. The first-order valence-electron chi connectivity index (χ1n) is 10.2. The molecule has 0 saturated heterocycles. The Labute approximate surface area is 185 Å². The molecular formula is C22H26N8S. The molecule has 2 atom stereocenters. The highest BCUT2D eigenvalue weighted by atomic mass is 32.1. The fourth-order valence-corrected chi connectivity index (χ4v) is 4.14. The number of nitrogens with one attached hydrogen (secondary N) is 1. The van der Waals surface area contributed by atoms with E-state index in [2.05, 4.69) is 58.5 Å². The number of aromatic nitrogens is 7. The predicted molar refractivity (Wildman–Crippen MR) is 122 cm³/mol. The second kappa shape index (κ2) is 8.91. The lowest BCUT2D eigenvalue weighted by atomic mass is 9.97. The van der Waals surface area contributed by atoms with E-state index in [0.29, 0.717) is 6.54 Å². The van der Waals surface area contributed by atoms with Gasteiger partial charge in [0.25, 0.3) is 0 Å². The van der Waals surface area contributed by atoms with Crippen LogP contribution < -0.4 is 5.32 Å². The average Bonchev–Trinajstić information content (AvgIpc) is 3.54. The van der Waals surface area contributed by atoms with Gasteiger partial charge in [-0.1, -0.05) is 43.3 Å². The van der Waals surface area contributed by atoms with E-state index in [1.807, 2.05) is 53.8 Å². The van der Waals surface area contributed by atoms with Crippen molar-refractivity contribution in [2.24, 2.45) is 7.05 Å². The molecule has 1 aromatic carbocycles. The van der Waals surface area contributed by atoms with Crippen LogP contribution in [0.5, 0.6) is 0 Å². The Bertz CT molecular complexity index is 1150. The lowest BCUT2D eigenvalue weighted by molar-refractivity contribution is 0.374. The molecule has 31 heavy (non-hydrogen) atoms. The van der Waals surface area contributed by atoms with Crippen LogP contribution >= 0.6 is 11.3 Å². The Morgan fingerprint density at radius 3 is 2.77 bits per heavy atom. The topological polar surface area (TPSA) is 86.3 Å². The van der Waals surface area contributed by atoms with E-state index in [9.17, 15) is 0 Å². The van der Waals surface area contributed by atoms with Gasteiger partial charge < -0.3 is 0 Å². The highest BCUT2D eigenvalue weighted by molar-refractivity contribution is 7.10. The van der Waals surface area contributed by atoms with Crippen LogP contribution in [0.2, 0.25) is 0 Å². The minimum Gasteiger partial charge on any atom is -0.293 e. The standard InChI is InChI=1S/C22H26N8S/c1-5-22(3,6-2)25-19(21-24-18(15-31-21)17-12-23-29(4)14-17)20-26-27-28-30(20)13-16-10-8-7-9-11-16/h5,7-12,14-15,19,25H,1,6,13H2,2-4H3. The Kier molecular flexibility index (Phi) is 6.06. The Balaban J connectivity index is 1.72. The maximum absolute atomic E-state index is 4.91. The van der Waals surface area contributed by atoms with Gasteiger partial charge in [-0.3, -0.25) is 10.00 Å². The quantitative estimate of drug-likeness (QED) is 0.405. The van der Waals surface area contributed by atoms with Crippen LogP contribution in [0.4, 0.5) is 0 Å². The summed E-state index contributed by atoms with van der Waals surface area (Å²) in [6.07, 6.45) is 6.58. The molecule has 0 spiro atoms. The fourth-order valence-electron chi connectivity index (χ4n) is 3.27. The van der Waals surface area contributed by atoms with Crippen molar-refractivity contribution in [2.75, 3.05) is 0 Å². The van der Waals surface area contributed by atoms with Crippen LogP contribution in [-0.4, -0.2) is 40.5 Å². The van der Waals surface area contributed by atoms with Crippen molar-refractivity contribution >= 4 is 11.3 Å². The molecule has 1 N–H and O–H groups in total. The summed E-state index contributed by atoms with van der Waals surface area (Å²) in [5, 5.41) is 23.5. The number of tetrazole rings is 1. The number of benzene rings is 1. The monoisotopic (exact) mass is 434 g/mol. The Hall–Kier alpha value is -3.17. The minimum absolute atomic E-state index is 0.280. The molecule has 0 aliphatic heterocycles. The van der Waals surface area contributed by atoms with Crippen molar-refractivity contribution in [1.82, 2.24) is 40.3 Å². The molecular weight excluding hydrogens is 408 g/mol. The van der Waals surface area contributed by atoms with Gasteiger partial charge in [-0.05, 0) is 29.3 Å². The zero-order valence-corrected chi connectivity index (χ0v) is 18.8. The highest BCUT2D eigenvalue weighted by Crippen LogP contribution is 2.30. The Morgan fingerprint density at radius 2 is 2.10 bits per heavy atom. The van der Waals surface area contributed by atoms with Crippen LogP contribution in [0.25, 0.3) is 11.3 Å². The van der Waals surface area contributed by atoms with E-state index in [4.69, 9.17) is 4.98 Å². The van der Waals surface area contributed by atoms with Gasteiger partial charge in [-0.25, -0.2) is 9.67 Å². The van der Waals surface area contributed by atoms with Gasteiger partial charge in [0, 0.05) is 29.7 Å². The third-order valence-corrected chi connectivity index (χ3v) is 6.33. The SMILES string of the molecule is C=CC(C)(CC)NC(c1nc(-c2cnn(C)c2)cs1)c1nnnn1Cc1ccccc1. The molecule has 4 rings (SSSR count).